The van der Waals surface area contributed by atoms with Crippen molar-refractivity contribution in [1.82, 2.24) is 0 Å². The van der Waals surface area contributed by atoms with Crippen molar-refractivity contribution < 1.29 is 9.53 Å². The van der Waals surface area contributed by atoms with E-state index < -0.39 is 0 Å². The van der Waals surface area contributed by atoms with E-state index in [1.165, 1.54) is 12.5 Å². The minimum Gasteiger partial charge on any atom is -0.460 e. The van der Waals surface area contributed by atoms with Crippen LogP contribution in [0.1, 0.15) is 12.5 Å². The van der Waals surface area contributed by atoms with Crippen LogP contribution in [-0.2, 0) is 16.0 Å². The minimum absolute atomic E-state index is 0.0256. The van der Waals surface area contributed by atoms with Crippen LogP contribution in [-0.4, -0.2) is 18.6 Å². The molecule has 1 N–H and O–H groups in total. The maximum Gasteiger partial charge on any atom is 0.302 e. The largest absolute Gasteiger partial charge is 0.460 e. The van der Waals surface area contributed by atoms with E-state index in [1.54, 1.807) is 0 Å². The summed E-state index contributed by atoms with van der Waals surface area (Å²) in [5, 5.41) is 3.24. The van der Waals surface area contributed by atoms with Gasteiger partial charge >= 0.3 is 5.97 Å². The van der Waals surface area contributed by atoms with Gasteiger partial charge in [-0.25, -0.2) is 0 Å². The van der Waals surface area contributed by atoms with Gasteiger partial charge in [0.1, 0.15) is 6.10 Å². The highest BCUT2D eigenvalue weighted by Crippen LogP contribution is 2.22. The van der Waals surface area contributed by atoms with Crippen molar-refractivity contribution in [2.45, 2.75) is 19.4 Å². The van der Waals surface area contributed by atoms with Gasteiger partial charge < -0.3 is 10.1 Å². The maximum atomic E-state index is 10.8. The number of hydrogen-bond acceptors (Lipinski definition) is 3. The molecule has 1 unspecified atom stereocenters. The molecule has 0 bridgehead atoms. The van der Waals surface area contributed by atoms with E-state index in [4.69, 9.17) is 4.74 Å². The summed E-state index contributed by atoms with van der Waals surface area (Å²) in [5.41, 5.74) is 2.36. The minimum atomic E-state index is -0.212. The summed E-state index contributed by atoms with van der Waals surface area (Å²) in [4.78, 5) is 10.8. The Kier molecular flexibility index (Phi) is 2.39. The standard InChI is InChI=1S/C11H13NO2/c1-8(13)14-10-6-9-4-2-3-5-11(9)12-7-10/h2-5,10,12H,6-7H2,1H3. The van der Waals surface area contributed by atoms with Gasteiger partial charge in [-0.15, -0.1) is 0 Å². The molecule has 0 spiro atoms. The van der Waals surface area contributed by atoms with Crippen molar-refractivity contribution in [3.8, 4) is 0 Å². The van der Waals surface area contributed by atoms with E-state index in [-0.39, 0.29) is 12.1 Å². The lowest BCUT2D eigenvalue weighted by Gasteiger charge is -2.25. The first kappa shape index (κ1) is 9.06. The average Bonchev–Trinajstić information content (AvgIpc) is 2.17. The maximum absolute atomic E-state index is 10.8. The van der Waals surface area contributed by atoms with Crippen LogP contribution in [0.15, 0.2) is 24.3 Å². The predicted molar refractivity (Wildman–Crippen MR) is 54.2 cm³/mol. The van der Waals surface area contributed by atoms with Gasteiger partial charge in [0.25, 0.3) is 0 Å². The molecule has 0 aliphatic carbocycles. The highest BCUT2D eigenvalue weighted by Gasteiger charge is 2.19. The molecule has 0 amide bonds. The van der Waals surface area contributed by atoms with Gasteiger partial charge in [-0.05, 0) is 11.6 Å². The van der Waals surface area contributed by atoms with Gasteiger partial charge in [0.15, 0.2) is 0 Å². The number of anilines is 1. The van der Waals surface area contributed by atoms with Crippen LogP contribution in [0.2, 0.25) is 0 Å². The third-order valence-corrected chi connectivity index (χ3v) is 2.32. The van der Waals surface area contributed by atoms with Crippen LogP contribution >= 0.6 is 0 Å². The van der Waals surface area contributed by atoms with Gasteiger partial charge in [-0.2, -0.15) is 0 Å². The van der Waals surface area contributed by atoms with E-state index in [0.29, 0.717) is 6.54 Å². The van der Waals surface area contributed by atoms with E-state index in [1.807, 2.05) is 18.2 Å². The highest BCUT2D eigenvalue weighted by molar-refractivity contribution is 5.66. The molecule has 14 heavy (non-hydrogen) atoms. The fourth-order valence-electron chi connectivity index (χ4n) is 1.73. The Balaban J connectivity index is 2.09. The smallest absolute Gasteiger partial charge is 0.302 e. The van der Waals surface area contributed by atoms with Crippen molar-refractivity contribution in [3.05, 3.63) is 29.8 Å². The van der Waals surface area contributed by atoms with Crippen molar-refractivity contribution in [1.29, 1.82) is 0 Å². The van der Waals surface area contributed by atoms with Crippen LogP contribution in [0.5, 0.6) is 0 Å². The number of benzene rings is 1. The number of hydrogen-bond donors (Lipinski definition) is 1. The molecule has 1 aromatic rings. The summed E-state index contributed by atoms with van der Waals surface area (Å²) >= 11 is 0. The van der Waals surface area contributed by atoms with Crippen molar-refractivity contribution in [3.63, 3.8) is 0 Å². The number of esters is 1. The van der Waals surface area contributed by atoms with Gasteiger partial charge in [0, 0.05) is 19.0 Å². The van der Waals surface area contributed by atoms with Gasteiger partial charge in [0.05, 0.1) is 6.54 Å². The normalized spacial score (nSPS) is 19.4. The number of carbonyl (C=O) groups excluding carboxylic acids is 1. The number of carbonyl (C=O) groups is 1. The summed E-state index contributed by atoms with van der Waals surface area (Å²) < 4.78 is 5.15. The highest BCUT2D eigenvalue weighted by atomic mass is 16.5. The summed E-state index contributed by atoms with van der Waals surface area (Å²) in [5.74, 6) is -0.212. The molecule has 1 aromatic carbocycles. The Hall–Kier alpha value is -1.51. The Morgan fingerprint density at radius 1 is 1.50 bits per heavy atom. The van der Waals surface area contributed by atoms with Crippen LogP contribution in [0.3, 0.4) is 0 Å². The Morgan fingerprint density at radius 2 is 2.29 bits per heavy atom. The molecule has 0 aromatic heterocycles. The average molecular weight is 191 g/mol. The number of fused-ring (bicyclic) bond motifs is 1. The molecule has 3 nitrogen and oxygen atoms in total. The molecule has 0 saturated carbocycles. The Bertz CT molecular complexity index is 349. The molecule has 2 rings (SSSR count). The second-order valence-corrected chi connectivity index (χ2v) is 3.47. The fourth-order valence-corrected chi connectivity index (χ4v) is 1.73. The zero-order valence-electron chi connectivity index (χ0n) is 8.12. The van der Waals surface area contributed by atoms with Gasteiger partial charge in [-0.3, -0.25) is 4.79 Å². The lowest BCUT2D eigenvalue weighted by Crippen LogP contribution is -2.31. The summed E-state index contributed by atoms with van der Waals surface area (Å²) in [6, 6.07) is 8.09. The van der Waals surface area contributed by atoms with Crippen LogP contribution in [0.25, 0.3) is 0 Å². The molecule has 0 radical (unpaired) electrons. The predicted octanol–water partition coefficient (Wildman–Crippen LogP) is 1.59. The number of para-hydroxylation sites is 1. The molecule has 3 heteroatoms. The monoisotopic (exact) mass is 191 g/mol. The third-order valence-electron chi connectivity index (χ3n) is 2.32. The molecule has 0 saturated heterocycles. The van der Waals surface area contributed by atoms with E-state index >= 15 is 0 Å². The first-order valence-electron chi connectivity index (χ1n) is 4.74. The third kappa shape index (κ3) is 1.87. The Labute approximate surface area is 83.1 Å². The number of rotatable bonds is 1. The van der Waals surface area contributed by atoms with E-state index in [2.05, 4.69) is 11.4 Å². The van der Waals surface area contributed by atoms with Crippen LogP contribution in [0.4, 0.5) is 5.69 Å². The van der Waals surface area contributed by atoms with Crippen LogP contribution < -0.4 is 5.32 Å². The zero-order valence-corrected chi connectivity index (χ0v) is 8.12. The second kappa shape index (κ2) is 3.70. The molecule has 1 aliphatic rings. The molecular formula is C11H13NO2. The lowest BCUT2D eigenvalue weighted by molar-refractivity contribution is -0.145. The molecule has 1 atom stereocenters. The SMILES string of the molecule is CC(=O)OC1CNc2ccccc2C1. The lowest BCUT2D eigenvalue weighted by atomic mass is 10.0. The van der Waals surface area contributed by atoms with Gasteiger partial charge in [-0.1, -0.05) is 18.2 Å². The zero-order chi connectivity index (χ0) is 9.97. The molecule has 74 valence electrons. The summed E-state index contributed by atoms with van der Waals surface area (Å²) in [7, 11) is 0. The summed E-state index contributed by atoms with van der Waals surface area (Å²) in [6.45, 7) is 2.15. The fraction of sp³-hybridized carbons (Fsp3) is 0.364. The van der Waals surface area contributed by atoms with E-state index in [0.717, 1.165) is 12.1 Å². The first-order chi connectivity index (χ1) is 6.75. The van der Waals surface area contributed by atoms with Crippen molar-refractivity contribution >= 4 is 11.7 Å². The van der Waals surface area contributed by atoms with Crippen molar-refractivity contribution in [2.75, 3.05) is 11.9 Å². The number of ether oxygens (including phenoxy) is 1. The number of nitrogens with one attached hydrogen (secondary N) is 1. The molecular weight excluding hydrogens is 178 g/mol. The van der Waals surface area contributed by atoms with E-state index in [9.17, 15) is 4.79 Å². The van der Waals surface area contributed by atoms with Crippen LogP contribution in [0, 0.1) is 0 Å². The Morgan fingerprint density at radius 3 is 3.07 bits per heavy atom. The molecule has 0 fully saturated rings. The van der Waals surface area contributed by atoms with Crippen molar-refractivity contribution in [2.24, 2.45) is 0 Å². The molecule has 1 aliphatic heterocycles. The van der Waals surface area contributed by atoms with Gasteiger partial charge in [0.2, 0.25) is 0 Å². The second-order valence-electron chi connectivity index (χ2n) is 3.47. The summed E-state index contributed by atoms with van der Waals surface area (Å²) in [6.07, 6.45) is 0.783. The first-order valence-corrected chi connectivity index (χ1v) is 4.74. The molecule has 1 heterocycles. The topological polar surface area (TPSA) is 38.3 Å². The quantitative estimate of drug-likeness (QED) is 0.685.